The Balaban J connectivity index is 0.000000239. The molecule has 2 aromatic carbocycles. The number of nitrogens with zero attached hydrogens (tertiary/aromatic N) is 2. The third-order valence-corrected chi connectivity index (χ3v) is 7.04. The smallest absolute Gasteiger partial charge is 0.410 e. The van der Waals surface area contributed by atoms with E-state index >= 15 is 0 Å². The zero-order valence-electron chi connectivity index (χ0n) is 19.1. The van der Waals surface area contributed by atoms with Crippen molar-refractivity contribution in [1.82, 2.24) is 15.2 Å². The second-order valence-electron chi connectivity index (χ2n) is 8.32. The van der Waals surface area contributed by atoms with Crippen molar-refractivity contribution >= 4 is 34.9 Å². The highest BCUT2D eigenvalue weighted by atomic mass is 35.5. The van der Waals surface area contributed by atoms with Crippen LogP contribution in [0.2, 0.25) is 5.02 Å². The Kier molecular flexibility index (Phi) is 7.87. The van der Waals surface area contributed by atoms with Crippen molar-refractivity contribution < 1.29 is 23.8 Å². The lowest BCUT2D eigenvalue weighted by atomic mass is 10.0. The van der Waals surface area contributed by atoms with Gasteiger partial charge in [0.1, 0.15) is 18.2 Å². The molecule has 1 unspecified atom stereocenters. The first-order valence-corrected chi connectivity index (χ1v) is 12.4. The van der Waals surface area contributed by atoms with Crippen LogP contribution in [0, 0.1) is 12.7 Å². The number of aryl methyl sites for hydroxylation is 1. The van der Waals surface area contributed by atoms with Crippen molar-refractivity contribution in [2.45, 2.75) is 38.8 Å². The molecule has 7 nitrogen and oxygen atoms in total. The number of carbonyl (C=O) groups is 2. The molecule has 2 aliphatic heterocycles. The maximum atomic E-state index is 14.3. The number of phenols is 1. The van der Waals surface area contributed by atoms with Crippen LogP contribution < -0.4 is 5.32 Å². The minimum atomic E-state index is -0.701. The molecule has 2 aliphatic rings. The Hall–Kier alpha value is -3.17. The Labute approximate surface area is 211 Å². The van der Waals surface area contributed by atoms with E-state index in [1.807, 2.05) is 11.8 Å². The summed E-state index contributed by atoms with van der Waals surface area (Å²) in [5, 5.41) is 14.2. The number of carbonyl (C=O) groups excluding carboxylic acids is 2. The molecule has 2 N–H and O–H groups in total. The summed E-state index contributed by atoms with van der Waals surface area (Å²) in [4.78, 5) is 29.7. The average Bonchev–Trinajstić information content (AvgIpc) is 3.46. The molecule has 0 spiro atoms. The van der Waals surface area contributed by atoms with Crippen LogP contribution in [0.5, 0.6) is 5.75 Å². The molecule has 1 aromatic heterocycles. The highest BCUT2D eigenvalue weighted by molar-refractivity contribution is 7.15. The normalized spacial score (nSPS) is 16.7. The number of cyclic esters (lactones) is 1. The summed E-state index contributed by atoms with van der Waals surface area (Å²) in [5.74, 6) is -1.47. The third kappa shape index (κ3) is 6.10. The number of aromatic hydroxyl groups is 1. The standard InChI is InChI=1S/C18H14ClFN2O2S.C7H11NO2/c1-10-21-9-17(25-10)14-6-15(20)13(7-16(14)23)18(24)22-8-11-2-4-12(19)5-3-11;9-7-8-4-2-1-3-6(8)5-10-7/h2-7,9,23H,8H2,1H3,(H,22,24);6H,1-5H2. The lowest BCUT2D eigenvalue weighted by Gasteiger charge is -2.25. The molecule has 5 rings (SSSR count). The van der Waals surface area contributed by atoms with E-state index in [0.717, 1.165) is 42.1 Å². The minimum absolute atomic E-state index is 0.107. The molecular formula is C25H25ClFN3O4S. The number of piperidine rings is 1. The molecule has 0 bridgehead atoms. The van der Waals surface area contributed by atoms with Crippen LogP contribution in [0.1, 0.15) is 40.2 Å². The van der Waals surface area contributed by atoms with Gasteiger partial charge < -0.3 is 20.1 Å². The summed E-state index contributed by atoms with van der Waals surface area (Å²) >= 11 is 7.14. The Morgan fingerprint density at radius 2 is 2.09 bits per heavy atom. The first-order chi connectivity index (χ1) is 16.8. The number of nitrogens with one attached hydrogen (secondary N) is 1. The third-order valence-electron chi connectivity index (χ3n) is 5.84. The van der Waals surface area contributed by atoms with Crippen molar-refractivity contribution in [3.05, 3.63) is 69.6 Å². The van der Waals surface area contributed by atoms with Crippen molar-refractivity contribution in [3.8, 4) is 16.2 Å². The number of thiazole rings is 1. The van der Waals surface area contributed by atoms with Gasteiger partial charge in [0.05, 0.1) is 21.5 Å². The van der Waals surface area contributed by atoms with E-state index in [0.29, 0.717) is 28.1 Å². The van der Waals surface area contributed by atoms with E-state index in [9.17, 15) is 19.1 Å². The van der Waals surface area contributed by atoms with Crippen molar-refractivity contribution in [1.29, 1.82) is 0 Å². The molecule has 1 atom stereocenters. The van der Waals surface area contributed by atoms with E-state index in [-0.39, 0.29) is 24.0 Å². The van der Waals surface area contributed by atoms with Gasteiger partial charge in [0.2, 0.25) is 0 Å². The van der Waals surface area contributed by atoms with Crippen LogP contribution in [-0.4, -0.2) is 46.2 Å². The number of hydrogen-bond donors (Lipinski definition) is 2. The Bertz CT molecular complexity index is 1220. The van der Waals surface area contributed by atoms with Crippen LogP contribution in [0.15, 0.2) is 42.6 Å². The molecule has 0 radical (unpaired) electrons. The summed E-state index contributed by atoms with van der Waals surface area (Å²) in [7, 11) is 0. The van der Waals surface area contributed by atoms with E-state index in [1.165, 1.54) is 17.8 Å². The molecule has 2 fully saturated rings. The van der Waals surface area contributed by atoms with E-state index in [1.54, 1.807) is 30.5 Å². The van der Waals surface area contributed by atoms with Crippen LogP contribution in [0.3, 0.4) is 0 Å². The molecule has 3 heterocycles. The van der Waals surface area contributed by atoms with E-state index in [2.05, 4.69) is 10.3 Å². The Morgan fingerprint density at radius 1 is 1.31 bits per heavy atom. The molecule has 10 heteroatoms. The van der Waals surface area contributed by atoms with Gasteiger partial charge >= 0.3 is 6.09 Å². The molecule has 2 amide bonds. The molecule has 0 aliphatic carbocycles. The number of ether oxygens (including phenoxy) is 1. The number of rotatable bonds is 4. The second-order valence-corrected chi connectivity index (χ2v) is 9.99. The van der Waals surface area contributed by atoms with E-state index < -0.39 is 11.7 Å². The number of halogens is 2. The molecule has 3 aromatic rings. The maximum absolute atomic E-state index is 14.3. The van der Waals surface area contributed by atoms with Gasteiger partial charge in [-0.2, -0.15) is 0 Å². The average molecular weight is 518 g/mol. The predicted molar refractivity (Wildman–Crippen MR) is 132 cm³/mol. The van der Waals surface area contributed by atoms with Gasteiger partial charge in [-0.25, -0.2) is 14.2 Å². The summed E-state index contributed by atoms with van der Waals surface area (Å²) in [6, 6.07) is 9.65. The monoisotopic (exact) mass is 517 g/mol. The number of aromatic nitrogens is 1. The minimum Gasteiger partial charge on any atom is -0.507 e. The number of phenolic OH excluding ortho intramolecular Hbond substituents is 1. The first-order valence-electron chi connectivity index (χ1n) is 11.2. The van der Waals surface area contributed by atoms with Crippen molar-refractivity contribution in [2.24, 2.45) is 0 Å². The number of hydrogen-bond acceptors (Lipinski definition) is 6. The SMILES string of the molecule is Cc1ncc(-c2cc(F)c(C(=O)NCc3ccc(Cl)cc3)cc2O)s1.O=C1OCC2CCCCN12. The highest BCUT2D eigenvalue weighted by Gasteiger charge is 2.34. The second kappa shape index (κ2) is 11.0. The highest BCUT2D eigenvalue weighted by Crippen LogP contribution is 2.35. The topological polar surface area (TPSA) is 91.8 Å². The number of fused-ring (bicyclic) bond motifs is 1. The largest absolute Gasteiger partial charge is 0.507 e. The van der Waals surface area contributed by atoms with Gasteiger partial charge in [0.15, 0.2) is 0 Å². The fraction of sp³-hybridized carbons (Fsp3) is 0.320. The fourth-order valence-electron chi connectivity index (χ4n) is 3.96. The van der Waals surface area contributed by atoms with Gasteiger partial charge in [0.25, 0.3) is 5.91 Å². The fourth-order valence-corrected chi connectivity index (χ4v) is 4.89. The lowest BCUT2D eigenvalue weighted by molar-refractivity contribution is 0.0946. The first kappa shape index (κ1) is 24.9. The molecule has 0 saturated carbocycles. The van der Waals surface area contributed by atoms with Gasteiger partial charge in [-0.15, -0.1) is 11.3 Å². The Morgan fingerprint density at radius 3 is 2.77 bits per heavy atom. The maximum Gasteiger partial charge on any atom is 0.410 e. The summed E-state index contributed by atoms with van der Waals surface area (Å²) < 4.78 is 19.2. The van der Waals surface area contributed by atoms with Crippen LogP contribution >= 0.6 is 22.9 Å². The molecule has 184 valence electrons. The predicted octanol–water partition coefficient (Wildman–Crippen LogP) is 5.54. The molecule has 35 heavy (non-hydrogen) atoms. The van der Waals surface area contributed by atoms with Gasteiger partial charge in [-0.3, -0.25) is 4.79 Å². The molecule has 2 saturated heterocycles. The van der Waals surface area contributed by atoms with Crippen molar-refractivity contribution in [3.63, 3.8) is 0 Å². The van der Waals surface area contributed by atoms with Crippen molar-refractivity contribution in [2.75, 3.05) is 13.2 Å². The summed E-state index contributed by atoms with van der Waals surface area (Å²) in [6.07, 6.45) is 4.98. The van der Waals surface area contributed by atoms with Gasteiger partial charge in [0, 0.05) is 29.9 Å². The van der Waals surface area contributed by atoms with Crippen LogP contribution in [0.4, 0.5) is 9.18 Å². The van der Waals surface area contributed by atoms with Crippen LogP contribution in [0.25, 0.3) is 10.4 Å². The summed E-state index contributed by atoms with van der Waals surface area (Å²) in [5.41, 5.74) is 0.938. The van der Waals surface area contributed by atoms with Gasteiger partial charge in [-0.1, -0.05) is 23.7 Å². The summed E-state index contributed by atoms with van der Waals surface area (Å²) in [6.45, 7) is 3.58. The quantitative estimate of drug-likeness (QED) is 0.474. The zero-order chi connectivity index (χ0) is 24.9. The molecular weight excluding hydrogens is 493 g/mol. The van der Waals surface area contributed by atoms with E-state index in [4.69, 9.17) is 16.3 Å². The van der Waals surface area contributed by atoms with Gasteiger partial charge in [-0.05, 0) is 56.0 Å². The number of benzene rings is 2. The van der Waals surface area contributed by atoms with Crippen LogP contribution in [-0.2, 0) is 11.3 Å². The number of amides is 2. The lowest BCUT2D eigenvalue weighted by Crippen LogP contribution is -2.37. The zero-order valence-corrected chi connectivity index (χ0v) is 20.7.